The molecule has 0 saturated heterocycles. The summed E-state index contributed by atoms with van der Waals surface area (Å²) in [6, 6.07) is 28.3. The van der Waals surface area contributed by atoms with Gasteiger partial charge in [0.05, 0.1) is 12.5 Å². The number of carbonyl (C=O) groups is 2. The second kappa shape index (κ2) is 12.6. The lowest BCUT2D eigenvalue weighted by Gasteiger charge is -2.19. The molecule has 0 unspecified atom stereocenters. The van der Waals surface area contributed by atoms with E-state index >= 15 is 0 Å². The van der Waals surface area contributed by atoms with Crippen molar-refractivity contribution in [3.05, 3.63) is 114 Å². The maximum atomic E-state index is 13.7. The molecule has 0 fully saturated rings. The minimum absolute atomic E-state index is 0.0622. The van der Waals surface area contributed by atoms with Gasteiger partial charge in [-0.2, -0.15) is 0 Å². The first kappa shape index (κ1) is 27.1. The van der Waals surface area contributed by atoms with Crippen molar-refractivity contribution in [1.82, 2.24) is 14.9 Å². The SMILES string of the molecule is Cn1c(C(c2ccccc2)c2ccccc2)nc(-c2ccccc2)c1C(=O)N[C@@H](CCC[NH+]=C(N)N)C(=O)O. The molecular weight excluding hydrogens is 492 g/mol. The number of hydrogen-bond donors (Lipinski definition) is 5. The number of hydrogen-bond acceptors (Lipinski definition) is 3. The van der Waals surface area contributed by atoms with Crippen LogP contribution in [0.25, 0.3) is 11.3 Å². The van der Waals surface area contributed by atoms with Crippen molar-refractivity contribution in [2.24, 2.45) is 18.5 Å². The molecule has 0 radical (unpaired) electrons. The average molecular weight is 526 g/mol. The van der Waals surface area contributed by atoms with Crippen molar-refractivity contribution >= 4 is 17.8 Å². The molecule has 0 saturated carbocycles. The molecule has 1 heterocycles. The number of guanidine groups is 1. The number of aliphatic carboxylic acids is 1. The zero-order valence-electron chi connectivity index (χ0n) is 21.7. The van der Waals surface area contributed by atoms with Gasteiger partial charge in [-0.1, -0.05) is 91.0 Å². The molecule has 39 heavy (non-hydrogen) atoms. The van der Waals surface area contributed by atoms with E-state index in [0.717, 1.165) is 16.7 Å². The molecule has 1 aromatic heterocycles. The van der Waals surface area contributed by atoms with Gasteiger partial charge in [-0.3, -0.25) is 21.3 Å². The summed E-state index contributed by atoms with van der Waals surface area (Å²) in [5.74, 6) is -1.15. The second-order valence-electron chi connectivity index (χ2n) is 9.24. The number of amides is 1. The number of benzene rings is 3. The molecule has 1 amide bonds. The fourth-order valence-corrected chi connectivity index (χ4v) is 4.64. The van der Waals surface area contributed by atoms with Gasteiger partial charge in [0.15, 0.2) is 0 Å². The smallest absolute Gasteiger partial charge is 0.338 e. The Kier molecular flexibility index (Phi) is 8.73. The number of carboxylic acid groups (broad SMARTS) is 1. The van der Waals surface area contributed by atoms with Gasteiger partial charge < -0.3 is 15.0 Å². The number of nitrogens with one attached hydrogen (secondary N) is 2. The van der Waals surface area contributed by atoms with Crippen molar-refractivity contribution in [2.75, 3.05) is 6.54 Å². The van der Waals surface area contributed by atoms with Crippen LogP contribution in [0.4, 0.5) is 0 Å². The zero-order chi connectivity index (χ0) is 27.8. The van der Waals surface area contributed by atoms with Crippen LogP contribution >= 0.6 is 0 Å². The molecule has 3 aromatic carbocycles. The highest BCUT2D eigenvalue weighted by atomic mass is 16.4. The molecule has 1 atom stereocenters. The Morgan fingerprint density at radius 3 is 1.97 bits per heavy atom. The summed E-state index contributed by atoms with van der Waals surface area (Å²) in [6.07, 6.45) is 0.644. The Hall–Kier alpha value is -4.92. The molecule has 0 spiro atoms. The molecule has 200 valence electrons. The van der Waals surface area contributed by atoms with Gasteiger partial charge in [0.2, 0.25) is 0 Å². The normalized spacial score (nSPS) is 11.6. The van der Waals surface area contributed by atoms with Gasteiger partial charge in [0, 0.05) is 12.6 Å². The van der Waals surface area contributed by atoms with Gasteiger partial charge in [0.25, 0.3) is 5.91 Å². The second-order valence-corrected chi connectivity index (χ2v) is 9.24. The van der Waals surface area contributed by atoms with E-state index in [9.17, 15) is 14.7 Å². The van der Waals surface area contributed by atoms with Crippen LogP contribution in [0.15, 0.2) is 91.0 Å². The quantitative estimate of drug-likeness (QED) is 0.114. The first-order valence-corrected chi connectivity index (χ1v) is 12.7. The van der Waals surface area contributed by atoms with Crippen LogP contribution in [-0.2, 0) is 11.8 Å². The molecule has 9 heteroatoms. The fraction of sp³-hybridized carbons (Fsp3) is 0.200. The number of rotatable bonds is 11. The van der Waals surface area contributed by atoms with Crippen LogP contribution in [-0.4, -0.2) is 45.1 Å². The topological polar surface area (TPSA) is 150 Å². The third kappa shape index (κ3) is 6.51. The number of carboxylic acids is 1. The van der Waals surface area contributed by atoms with Gasteiger partial charge in [0.1, 0.15) is 23.3 Å². The summed E-state index contributed by atoms with van der Waals surface area (Å²) in [5, 5.41) is 12.5. The van der Waals surface area contributed by atoms with Crippen LogP contribution in [0.1, 0.15) is 46.2 Å². The predicted molar refractivity (Wildman–Crippen MR) is 150 cm³/mol. The standard InChI is InChI=1S/C30H32N6O3/c1-36-26(28(37)34-23(29(38)39)18-11-19-33-30(31)32)25(22-16-9-4-10-17-22)35-27(36)24(20-12-5-2-6-13-20)21-14-7-3-8-15-21/h2-10,12-17,23-24H,11,18-19H2,1H3,(H,34,37)(H,38,39)(H4,31,32,33)/p+1/t23-/m0/s1. The van der Waals surface area contributed by atoms with Crippen LogP contribution in [0.2, 0.25) is 0 Å². The molecule has 9 nitrogen and oxygen atoms in total. The molecule has 0 aliphatic rings. The summed E-state index contributed by atoms with van der Waals surface area (Å²) in [4.78, 5) is 33.5. The van der Waals surface area contributed by atoms with Gasteiger partial charge in [-0.15, -0.1) is 0 Å². The Bertz CT molecular complexity index is 1390. The van der Waals surface area contributed by atoms with Gasteiger partial charge >= 0.3 is 11.9 Å². The molecule has 4 aromatic rings. The predicted octanol–water partition coefficient (Wildman–Crippen LogP) is 1.58. The molecule has 7 N–H and O–H groups in total. The number of carbonyl (C=O) groups excluding carboxylic acids is 1. The summed E-state index contributed by atoms with van der Waals surface area (Å²) in [5.41, 5.74) is 14.4. The Balaban J connectivity index is 1.78. The maximum Gasteiger partial charge on any atom is 0.338 e. The highest BCUT2D eigenvalue weighted by molar-refractivity contribution is 6.00. The van der Waals surface area contributed by atoms with E-state index in [4.69, 9.17) is 16.5 Å². The summed E-state index contributed by atoms with van der Waals surface area (Å²) in [7, 11) is 1.79. The van der Waals surface area contributed by atoms with E-state index < -0.39 is 17.9 Å². The third-order valence-corrected chi connectivity index (χ3v) is 6.52. The lowest BCUT2D eigenvalue weighted by molar-refractivity contribution is -0.459. The van der Waals surface area contributed by atoms with E-state index in [1.807, 2.05) is 91.0 Å². The van der Waals surface area contributed by atoms with Gasteiger partial charge in [-0.05, 0) is 24.0 Å². The van der Waals surface area contributed by atoms with E-state index in [2.05, 4.69) is 10.3 Å². The van der Waals surface area contributed by atoms with Crippen LogP contribution < -0.4 is 21.8 Å². The van der Waals surface area contributed by atoms with Crippen molar-refractivity contribution < 1.29 is 19.7 Å². The fourth-order valence-electron chi connectivity index (χ4n) is 4.64. The van der Waals surface area contributed by atoms with E-state index in [1.54, 1.807) is 11.6 Å². The zero-order valence-corrected chi connectivity index (χ0v) is 21.7. The number of imidazole rings is 1. The minimum atomic E-state index is -1.12. The highest BCUT2D eigenvalue weighted by Crippen LogP contribution is 2.34. The van der Waals surface area contributed by atoms with E-state index in [0.29, 0.717) is 24.5 Å². The molecule has 0 bridgehead atoms. The van der Waals surface area contributed by atoms with Crippen LogP contribution in [0.5, 0.6) is 0 Å². The van der Waals surface area contributed by atoms with Crippen LogP contribution in [0, 0.1) is 0 Å². The summed E-state index contributed by atoms with van der Waals surface area (Å²) >= 11 is 0. The molecule has 4 rings (SSSR count). The first-order valence-electron chi connectivity index (χ1n) is 12.7. The minimum Gasteiger partial charge on any atom is -0.480 e. The Labute approximate surface area is 227 Å². The lowest BCUT2D eigenvalue weighted by Crippen LogP contribution is -2.78. The average Bonchev–Trinajstić information content (AvgIpc) is 3.28. The highest BCUT2D eigenvalue weighted by Gasteiger charge is 2.30. The molecule has 0 aliphatic heterocycles. The Morgan fingerprint density at radius 2 is 1.46 bits per heavy atom. The lowest BCUT2D eigenvalue weighted by atomic mass is 9.90. The number of aromatic nitrogens is 2. The van der Waals surface area contributed by atoms with Crippen molar-refractivity contribution in [2.45, 2.75) is 24.8 Å². The number of nitrogens with two attached hydrogens (primary N) is 2. The summed E-state index contributed by atoms with van der Waals surface area (Å²) < 4.78 is 1.77. The van der Waals surface area contributed by atoms with E-state index in [1.165, 1.54) is 0 Å². The summed E-state index contributed by atoms with van der Waals surface area (Å²) in [6.45, 7) is 0.392. The first-order chi connectivity index (χ1) is 18.9. The van der Waals surface area contributed by atoms with Crippen molar-refractivity contribution in [3.8, 4) is 11.3 Å². The molecule has 0 aliphatic carbocycles. The largest absolute Gasteiger partial charge is 0.480 e. The van der Waals surface area contributed by atoms with Gasteiger partial charge in [-0.25, -0.2) is 9.78 Å². The van der Waals surface area contributed by atoms with Crippen molar-refractivity contribution in [1.29, 1.82) is 0 Å². The monoisotopic (exact) mass is 525 g/mol. The van der Waals surface area contributed by atoms with Crippen molar-refractivity contribution in [3.63, 3.8) is 0 Å². The van der Waals surface area contributed by atoms with E-state index in [-0.39, 0.29) is 24.0 Å². The number of nitrogens with zero attached hydrogens (tertiary/aromatic N) is 2. The van der Waals surface area contributed by atoms with Crippen LogP contribution in [0.3, 0.4) is 0 Å². The Morgan fingerprint density at radius 1 is 0.923 bits per heavy atom. The third-order valence-electron chi connectivity index (χ3n) is 6.52. The maximum absolute atomic E-state index is 13.7. The molecular formula is C30H33N6O3+.